The first-order chi connectivity index (χ1) is 7.10. The molecule has 0 spiro atoms. The molecule has 0 bridgehead atoms. The van der Waals surface area contributed by atoms with Gasteiger partial charge in [0.25, 0.3) is 0 Å². The van der Waals surface area contributed by atoms with Crippen LogP contribution in [0.4, 0.5) is 0 Å². The van der Waals surface area contributed by atoms with Crippen LogP contribution in [0.15, 0.2) is 18.2 Å². The monoisotopic (exact) mass is 209 g/mol. The zero-order chi connectivity index (χ0) is 11.4. The van der Waals surface area contributed by atoms with E-state index in [9.17, 15) is 5.11 Å². The maximum Gasteiger partial charge on any atom is 0.130 e. The van der Waals surface area contributed by atoms with E-state index in [4.69, 9.17) is 4.74 Å². The SMILES string of the molecule is CNC(O)c1ccc(OC)c(C(C)C)c1. The lowest BCUT2D eigenvalue weighted by molar-refractivity contribution is 0.149. The number of ether oxygens (including phenoxy) is 1. The molecule has 0 heterocycles. The summed E-state index contributed by atoms with van der Waals surface area (Å²) in [5.74, 6) is 1.25. The first-order valence-electron chi connectivity index (χ1n) is 5.13. The fraction of sp³-hybridized carbons (Fsp3) is 0.500. The van der Waals surface area contributed by atoms with Crippen molar-refractivity contribution in [2.24, 2.45) is 0 Å². The van der Waals surface area contributed by atoms with Crippen molar-refractivity contribution >= 4 is 0 Å². The summed E-state index contributed by atoms with van der Waals surface area (Å²) in [6.45, 7) is 4.21. The van der Waals surface area contributed by atoms with Crippen LogP contribution in [0.3, 0.4) is 0 Å². The molecule has 1 unspecified atom stereocenters. The molecule has 1 rings (SSSR count). The van der Waals surface area contributed by atoms with Crippen molar-refractivity contribution in [1.82, 2.24) is 5.32 Å². The average Bonchev–Trinajstić information content (AvgIpc) is 2.27. The Morgan fingerprint density at radius 1 is 1.33 bits per heavy atom. The fourth-order valence-corrected chi connectivity index (χ4v) is 1.54. The molecule has 0 aliphatic heterocycles. The molecule has 1 aromatic carbocycles. The summed E-state index contributed by atoms with van der Waals surface area (Å²) in [5.41, 5.74) is 1.98. The molecule has 0 radical (unpaired) electrons. The van der Waals surface area contributed by atoms with E-state index in [0.29, 0.717) is 5.92 Å². The predicted octanol–water partition coefficient (Wildman–Crippen LogP) is 2.03. The number of hydrogen-bond acceptors (Lipinski definition) is 3. The standard InChI is InChI=1S/C12H19NO2/c1-8(2)10-7-9(12(14)13-3)5-6-11(10)15-4/h5-8,12-14H,1-4H3. The predicted molar refractivity (Wildman–Crippen MR) is 61.1 cm³/mol. The minimum atomic E-state index is -0.617. The molecule has 1 aromatic rings. The van der Waals surface area contributed by atoms with Crippen LogP contribution in [0, 0.1) is 0 Å². The lowest BCUT2D eigenvalue weighted by Gasteiger charge is -2.16. The summed E-state index contributed by atoms with van der Waals surface area (Å²) in [5, 5.41) is 12.4. The van der Waals surface area contributed by atoms with Crippen LogP contribution < -0.4 is 10.1 Å². The van der Waals surface area contributed by atoms with E-state index in [1.807, 2.05) is 18.2 Å². The second-order valence-corrected chi connectivity index (χ2v) is 3.85. The number of hydrogen-bond donors (Lipinski definition) is 2. The van der Waals surface area contributed by atoms with E-state index >= 15 is 0 Å². The van der Waals surface area contributed by atoms with Gasteiger partial charge < -0.3 is 9.84 Å². The van der Waals surface area contributed by atoms with E-state index < -0.39 is 6.23 Å². The Hall–Kier alpha value is -1.06. The molecule has 2 N–H and O–H groups in total. The van der Waals surface area contributed by atoms with Gasteiger partial charge in [0.05, 0.1) is 7.11 Å². The van der Waals surface area contributed by atoms with E-state index in [1.54, 1.807) is 14.2 Å². The number of methoxy groups -OCH3 is 1. The maximum atomic E-state index is 9.65. The molecule has 0 aliphatic rings. The first kappa shape index (κ1) is 12.0. The van der Waals surface area contributed by atoms with E-state index in [0.717, 1.165) is 16.9 Å². The van der Waals surface area contributed by atoms with Crippen LogP contribution >= 0.6 is 0 Å². The zero-order valence-corrected chi connectivity index (χ0v) is 9.74. The first-order valence-corrected chi connectivity index (χ1v) is 5.13. The van der Waals surface area contributed by atoms with Crippen molar-refractivity contribution < 1.29 is 9.84 Å². The molecule has 0 aliphatic carbocycles. The van der Waals surface area contributed by atoms with Crippen LogP contribution in [0.2, 0.25) is 0 Å². The fourth-order valence-electron chi connectivity index (χ4n) is 1.54. The lowest BCUT2D eigenvalue weighted by Crippen LogP contribution is -2.15. The number of aliphatic hydroxyl groups excluding tert-OH is 1. The molecule has 0 aromatic heterocycles. The van der Waals surface area contributed by atoms with Crippen molar-refractivity contribution in [1.29, 1.82) is 0 Å². The second kappa shape index (κ2) is 5.14. The molecule has 1 atom stereocenters. The Morgan fingerprint density at radius 3 is 2.47 bits per heavy atom. The van der Waals surface area contributed by atoms with Gasteiger partial charge in [0.1, 0.15) is 12.0 Å². The second-order valence-electron chi connectivity index (χ2n) is 3.85. The summed E-state index contributed by atoms with van der Waals surface area (Å²) >= 11 is 0. The highest BCUT2D eigenvalue weighted by molar-refractivity contribution is 5.39. The summed E-state index contributed by atoms with van der Waals surface area (Å²) in [6, 6.07) is 5.74. The summed E-state index contributed by atoms with van der Waals surface area (Å²) in [6.07, 6.45) is -0.617. The lowest BCUT2D eigenvalue weighted by atomic mass is 9.99. The highest BCUT2D eigenvalue weighted by Crippen LogP contribution is 2.28. The van der Waals surface area contributed by atoms with Gasteiger partial charge >= 0.3 is 0 Å². The van der Waals surface area contributed by atoms with E-state index in [-0.39, 0.29) is 0 Å². The molecule has 0 fully saturated rings. The highest BCUT2D eigenvalue weighted by Gasteiger charge is 2.11. The van der Waals surface area contributed by atoms with Gasteiger partial charge in [0, 0.05) is 0 Å². The molecule has 3 nitrogen and oxygen atoms in total. The minimum absolute atomic E-state index is 0.379. The number of rotatable bonds is 4. The Labute approximate surface area is 91.1 Å². The normalized spacial score (nSPS) is 12.9. The van der Waals surface area contributed by atoms with Gasteiger partial charge in [-0.25, -0.2) is 0 Å². The van der Waals surface area contributed by atoms with Crippen LogP contribution in [-0.2, 0) is 0 Å². The average molecular weight is 209 g/mol. The van der Waals surface area contributed by atoms with Crippen LogP contribution in [-0.4, -0.2) is 19.3 Å². The largest absolute Gasteiger partial charge is 0.496 e. The quantitative estimate of drug-likeness (QED) is 0.745. The van der Waals surface area contributed by atoms with Gasteiger partial charge in [-0.15, -0.1) is 0 Å². The van der Waals surface area contributed by atoms with E-state index in [1.165, 1.54) is 0 Å². The van der Waals surface area contributed by atoms with Crippen LogP contribution in [0.5, 0.6) is 5.75 Å². The van der Waals surface area contributed by atoms with Gasteiger partial charge in [-0.2, -0.15) is 0 Å². The third-order valence-electron chi connectivity index (χ3n) is 2.46. The molecular weight excluding hydrogens is 190 g/mol. The summed E-state index contributed by atoms with van der Waals surface area (Å²) in [7, 11) is 3.39. The van der Waals surface area contributed by atoms with Gasteiger partial charge in [-0.1, -0.05) is 19.9 Å². The summed E-state index contributed by atoms with van der Waals surface area (Å²) in [4.78, 5) is 0. The molecule has 0 amide bonds. The topological polar surface area (TPSA) is 41.5 Å². The Balaban J connectivity index is 3.10. The zero-order valence-electron chi connectivity index (χ0n) is 9.74. The van der Waals surface area contributed by atoms with Crippen molar-refractivity contribution in [2.45, 2.75) is 26.0 Å². The maximum absolute atomic E-state index is 9.65. The van der Waals surface area contributed by atoms with Crippen molar-refractivity contribution in [3.8, 4) is 5.75 Å². The van der Waals surface area contributed by atoms with Gasteiger partial charge in [-0.05, 0) is 36.2 Å². The highest BCUT2D eigenvalue weighted by atomic mass is 16.5. The minimum Gasteiger partial charge on any atom is -0.496 e. The Morgan fingerprint density at radius 2 is 2.00 bits per heavy atom. The molecule has 3 heteroatoms. The molecule has 84 valence electrons. The van der Waals surface area contributed by atoms with E-state index in [2.05, 4.69) is 19.2 Å². The van der Waals surface area contributed by atoms with Gasteiger partial charge in [0.2, 0.25) is 0 Å². The third-order valence-corrected chi connectivity index (χ3v) is 2.46. The van der Waals surface area contributed by atoms with Crippen molar-refractivity contribution in [3.63, 3.8) is 0 Å². The third kappa shape index (κ3) is 2.70. The van der Waals surface area contributed by atoms with Crippen LogP contribution in [0.1, 0.15) is 37.1 Å². The van der Waals surface area contributed by atoms with Gasteiger partial charge in [0.15, 0.2) is 0 Å². The number of benzene rings is 1. The summed E-state index contributed by atoms with van der Waals surface area (Å²) < 4.78 is 5.27. The van der Waals surface area contributed by atoms with Crippen molar-refractivity contribution in [3.05, 3.63) is 29.3 Å². The molecule has 15 heavy (non-hydrogen) atoms. The number of aliphatic hydroxyl groups is 1. The molecule has 0 saturated carbocycles. The number of nitrogens with one attached hydrogen (secondary N) is 1. The smallest absolute Gasteiger partial charge is 0.130 e. The molecule has 0 saturated heterocycles. The van der Waals surface area contributed by atoms with Crippen LogP contribution in [0.25, 0.3) is 0 Å². The Bertz CT molecular complexity index is 323. The Kier molecular flexibility index (Phi) is 4.12. The molecular formula is C12H19NO2. The van der Waals surface area contributed by atoms with Crippen molar-refractivity contribution in [2.75, 3.05) is 14.2 Å². The van der Waals surface area contributed by atoms with Gasteiger partial charge in [-0.3, -0.25) is 5.32 Å².